The third-order valence-corrected chi connectivity index (χ3v) is 3.33. The first kappa shape index (κ1) is 14.3. The van der Waals surface area contributed by atoms with Crippen LogP contribution >= 0.6 is 0 Å². The fourth-order valence-electron chi connectivity index (χ4n) is 2.20. The second kappa shape index (κ2) is 6.89. The van der Waals surface area contributed by atoms with Crippen molar-refractivity contribution in [2.75, 3.05) is 26.4 Å². The van der Waals surface area contributed by atoms with Crippen molar-refractivity contribution in [1.82, 2.24) is 0 Å². The summed E-state index contributed by atoms with van der Waals surface area (Å²) in [6, 6.07) is 7.83. The summed E-state index contributed by atoms with van der Waals surface area (Å²) in [6.07, 6.45) is 3.50. The van der Waals surface area contributed by atoms with Gasteiger partial charge in [-0.25, -0.2) is 0 Å². The summed E-state index contributed by atoms with van der Waals surface area (Å²) < 4.78 is 17.0. The van der Waals surface area contributed by atoms with Crippen molar-refractivity contribution < 1.29 is 14.2 Å². The minimum absolute atomic E-state index is 0.323. The minimum Gasteiger partial charge on any atom is -0.494 e. The van der Waals surface area contributed by atoms with E-state index < -0.39 is 5.79 Å². The van der Waals surface area contributed by atoms with E-state index in [-0.39, 0.29) is 0 Å². The molecule has 0 aromatic heterocycles. The molecule has 1 aromatic carbocycles. The molecule has 1 fully saturated rings. The first-order valence-corrected chi connectivity index (χ1v) is 7.02. The molecule has 0 radical (unpaired) electrons. The molecule has 2 rings (SSSR count). The molecule has 0 bridgehead atoms. The second-order valence-electron chi connectivity index (χ2n) is 4.73. The molecule has 1 aromatic rings. The van der Waals surface area contributed by atoms with E-state index in [4.69, 9.17) is 19.9 Å². The van der Waals surface area contributed by atoms with Crippen LogP contribution in [-0.2, 0) is 15.3 Å². The largest absolute Gasteiger partial charge is 0.494 e. The van der Waals surface area contributed by atoms with Gasteiger partial charge in [-0.15, -0.1) is 0 Å². The summed E-state index contributed by atoms with van der Waals surface area (Å²) in [6.45, 7) is 4.45. The number of unbranched alkanes of at least 4 members (excludes halogenated alkanes) is 2. The van der Waals surface area contributed by atoms with Crippen molar-refractivity contribution in [3.8, 4) is 5.75 Å². The molecule has 4 nitrogen and oxygen atoms in total. The molecule has 2 N–H and O–H groups in total. The maximum atomic E-state index is 5.77. The predicted octanol–water partition coefficient (Wildman–Crippen LogP) is 2.41. The third-order valence-electron chi connectivity index (χ3n) is 3.33. The van der Waals surface area contributed by atoms with Crippen LogP contribution in [0.15, 0.2) is 24.3 Å². The van der Waals surface area contributed by atoms with Crippen molar-refractivity contribution in [3.63, 3.8) is 0 Å². The van der Waals surface area contributed by atoms with Crippen molar-refractivity contribution in [3.05, 3.63) is 29.8 Å². The lowest BCUT2D eigenvalue weighted by Gasteiger charge is -2.26. The maximum absolute atomic E-state index is 5.77. The van der Waals surface area contributed by atoms with Gasteiger partial charge in [0.05, 0.1) is 26.4 Å². The number of rotatable bonds is 7. The van der Waals surface area contributed by atoms with Crippen LogP contribution in [0.3, 0.4) is 0 Å². The number of nitrogens with two attached hydrogens (primary N) is 1. The highest BCUT2D eigenvalue weighted by Crippen LogP contribution is 2.31. The van der Waals surface area contributed by atoms with E-state index in [1.165, 1.54) is 12.8 Å². The summed E-state index contributed by atoms with van der Waals surface area (Å²) in [7, 11) is 0. The Morgan fingerprint density at radius 1 is 1.16 bits per heavy atom. The van der Waals surface area contributed by atoms with E-state index in [2.05, 4.69) is 6.92 Å². The number of hydrogen-bond acceptors (Lipinski definition) is 4. The Balaban J connectivity index is 1.94. The predicted molar refractivity (Wildman–Crippen MR) is 74.1 cm³/mol. The van der Waals surface area contributed by atoms with E-state index in [0.29, 0.717) is 19.8 Å². The minimum atomic E-state index is -0.763. The number of ether oxygens (including phenoxy) is 3. The Hall–Kier alpha value is -1.10. The fourth-order valence-corrected chi connectivity index (χ4v) is 2.20. The lowest BCUT2D eigenvalue weighted by molar-refractivity contribution is -0.156. The monoisotopic (exact) mass is 265 g/mol. The van der Waals surface area contributed by atoms with E-state index >= 15 is 0 Å². The van der Waals surface area contributed by atoms with Gasteiger partial charge in [0, 0.05) is 5.56 Å². The van der Waals surface area contributed by atoms with Gasteiger partial charge in [-0.2, -0.15) is 0 Å². The number of hydrogen-bond donors (Lipinski definition) is 1. The van der Waals surface area contributed by atoms with Gasteiger partial charge >= 0.3 is 0 Å². The van der Waals surface area contributed by atoms with Gasteiger partial charge in [0.1, 0.15) is 5.75 Å². The molecule has 19 heavy (non-hydrogen) atoms. The van der Waals surface area contributed by atoms with Gasteiger partial charge in [-0.3, -0.25) is 0 Å². The average molecular weight is 265 g/mol. The molecule has 0 atom stereocenters. The van der Waals surface area contributed by atoms with E-state index in [1.54, 1.807) is 0 Å². The summed E-state index contributed by atoms with van der Waals surface area (Å²) in [5.74, 6) is 0.116. The molecule has 1 aliphatic rings. The van der Waals surface area contributed by atoms with Crippen LogP contribution in [0.25, 0.3) is 0 Å². The first-order valence-electron chi connectivity index (χ1n) is 7.02. The van der Waals surface area contributed by atoms with Gasteiger partial charge in [-0.1, -0.05) is 19.8 Å². The average Bonchev–Trinajstić information content (AvgIpc) is 2.94. The van der Waals surface area contributed by atoms with Crippen LogP contribution in [0.4, 0.5) is 0 Å². The highest BCUT2D eigenvalue weighted by atomic mass is 16.7. The van der Waals surface area contributed by atoms with E-state index in [9.17, 15) is 0 Å². The van der Waals surface area contributed by atoms with Crippen LogP contribution in [0, 0.1) is 0 Å². The normalized spacial score (nSPS) is 17.6. The zero-order valence-corrected chi connectivity index (χ0v) is 11.6. The fraction of sp³-hybridized carbons (Fsp3) is 0.600. The van der Waals surface area contributed by atoms with Crippen molar-refractivity contribution >= 4 is 0 Å². The van der Waals surface area contributed by atoms with Gasteiger partial charge in [0.15, 0.2) is 0 Å². The Bertz CT molecular complexity index is 371. The lowest BCUT2D eigenvalue weighted by atomic mass is 10.1. The summed E-state index contributed by atoms with van der Waals surface area (Å²) in [4.78, 5) is 0. The summed E-state index contributed by atoms with van der Waals surface area (Å²) >= 11 is 0. The molecule has 1 heterocycles. The lowest BCUT2D eigenvalue weighted by Crippen LogP contribution is -2.36. The van der Waals surface area contributed by atoms with Crippen LogP contribution in [0.5, 0.6) is 5.75 Å². The SMILES string of the molecule is CCCCCOc1ccc(C2(CN)OCCO2)cc1. The summed E-state index contributed by atoms with van der Waals surface area (Å²) in [5, 5.41) is 0. The highest BCUT2D eigenvalue weighted by molar-refractivity contribution is 5.30. The topological polar surface area (TPSA) is 53.7 Å². The van der Waals surface area contributed by atoms with Gasteiger partial charge in [-0.05, 0) is 30.7 Å². The van der Waals surface area contributed by atoms with Crippen molar-refractivity contribution in [2.24, 2.45) is 5.73 Å². The Kier molecular flexibility index (Phi) is 5.19. The Morgan fingerprint density at radius 2 is 1.84 bits per heavy atom. The molecule has 1 aliphatic heterocycles. The zero-order valence-electron chi connectivity index (χ0n) is 11.6. The molecule has 0 aliphatic carbocycles. The molecule has 0 amide bonds. The van der Waals surface area contributed by atoms with Crippen molar-refractivity contribution in [2.45, 2.75) is 32.0 Å². The zero-order chi connectivity index (χ0) is 13.6. The molecule has 0 unspecified atom stereocenters. The summed E-state index contributed by atoms with van der Waals surface area (Å²) in [5.41, 5.74) is 6.72. The first-order chi connectivity index (χ1) is 9.30. The van der Waals surface area contributed by atoms with Gasteiger partial charge in [0.2, 0.25) is 5.79 Å². The smallest absolute Gasteiger partial charge is 0.207 e. The van der Waals surface area contributed by atoms with E-state index in [0.717, 1.165) is 24.3 Å². The van der Waals surface area contributed by atoms with E-state index in [1.807, 2.05) is 24.3 Å². The Morgan fingerprint density at radius 3 is 2.42 bits per heavy atom. The van der Waals surface area contributed by atoms with Crippen LogP contribution < -0.4 is 10.5 Å². The molecule has 0 spiro atoms. The molecule has 0 saturated carbocycles. The van der Waals surface area contributed by atoms with Gasteiger partial charge < -0.3 is 19.9 Å². The molecular weight excluding hydrogens is 242 g/mol. The van der Waals surface area contributed by atoms with Crippen molar-refractivity contribution in [1.29, 1.82) is 0 Å². The quantitative estimate of drug-likeness (QED) is 0.769. The highest BCUT2D eigenvalue weighted by Gasteiger charge is 2.37. The van der Waals surface area contributed by atoms with Crippen LogP contribution in [0.1, 0.15) is 31.7 Å². The molecule has 106 valence electrons. The molecule has 4 heteroatoms. The standard InChI is InChI=1S/C15H23NO3/c1-2-3-4-9-17-14-7-5-13(6-8-14)15(12-16)18-10-11-19-15/h5-8H,2-4,9-12,16H2,1H3. The van der Waals surface area contributed by atoms with Crippen LogP contribution in [-0.4, -0.2) is 26.4 Å². The molecule has 1 saturated heterocycles. The Labute approximate surface area is 114 Å². The van der Waals surface area contributed by atoms with Gasteiger partial charge in [0.25, 0.3) is 0 Å². The van der Waals surface area contributed by atoms with Crippen LogP contribution in [0.2, 0.25) is 0 Å². The third kappa shape index (κ3) is 3.47. The maximum Gasteiger partial charge on any atom is 0.207 e. The second-order valence-corrected chi connectivity index (χ2v) is 4.73. The molecular formula is C15H23NO3. The number of benzene rings is 1.